The molecule has 1 aromatic rings. The van der Waals surface area contributed by atoms with Gasteiger partial charge >= 0.3 is 0 Å². The zero-order chi connectivity index (χ0) is 9.84. The Morgan fingerprint density at radius 3 is 2.69 bits per heavy atom. The fourth-order valence-electron chi connectivity index (χ4n) is 0.668. The second kappa shape index (κ2) is 4.19. The monoisotopic (exact) mass is 216 g/mol. The van der Waals surface area contributed by atoms with Gasteiger partial charge in [0.1, 0.15) is 10.1 Å². The van der Waals surface area contributed by atoms with Crippen molar-refractivity contribution in [3.8, 4) is 0 Å². The van der Waals surface area contributed by atoms with Crippen molar-refractivity contribution < 1.29 is 0 Å². The third-order valence-electron chi connectivity index (χ3n) is 1.05. The Labute approximate surface area is 85.7 Å². The Hall–Kier alpha value is -1.15. The van der Waals surface area contributed by atoms with Crippen LogP contribution >= 0.6 is 24.8 Å². The summed E-state index contributed by atoms with van der Waals surface area (Å²) in [6, 6.07) is 0. The van der Waals surface area contributed by atoms with Gasteiger partial charge < -0.3 is 5.73 Å². The molecule has 0 aliphatic heterocycles. The van der Waals surface area contributed by atoms with Gasteiger partial charge in [-0.05, 0) is 6.92 Å². The van der Waals surface area contributed by atoms with E-state index in [0.717, 1.165) is 0 Å². The van der Waals surface area contributed by atoms with Crippen LogP contribution in [-0.4, -0.2) is 19.3 Å². The molecule has 0 unspecified atom stereocenters. The maximum atomic E-state index is 5.38. The van der Waals surface area contributed by atoms with Crippen molar-refractivity contribution in [2.75, 3.05) is 11.2 Å². The van der Waals surface area contributed by atoms with E-state index >= 15 is 0 Å². The first-order valence-electron chi connectivity index (χ1n) is 3.31. The van der Waals surface area contributed by atoms with E-state index < -0.39 is 0 Å². The molecule has 6 nitrogen and oxygen atoms in total. The third kappa shape index (κ3) is 3.38. The predicted octanol–water partition coefficient (Wildman–Crippen LogP) is -0.107. The van der Waals surface area contributed by atoms with Crippen molar-refractivity contribution in [2.24, 2.45) is 0 Å². The number of nitrogens with one attached hydrogen (secondary N) is 2. The molecule has 0 saturated heterocycles. The number of nitrogens with two attached hydrogens (primary N) is 1. The van der Waals surface area contributed by atoms with Crippen molar-refractivity contribution in [2.45, 2.75) is 6.92 Å². The SMILES string of the molecule is Cc1nc(N)nc(NNC(=S)S)n1. The van der Waals surface area contributed by atoms with Crippen LogP contribution in [0.2, 0.25) is 0 Å². The third-order valence-corrected chi connectivity index (χ3v) is 1.26. The lowest BCUT2D eigenvalue weighted by atomic mass is 10.7. The number of nitrogen functional groups attached to an aromatic ring is 1. The summed E-state index contributed by atoms with van der Waals surface area (Å²) in [7, 11) is 0. The van der Waals surface area contributed by atoms with E-state index in [2.05, 4.69) is 50.7 Å². The minimum atomic E-state index is 0.155. The van der Waals surface area contributed by atoms with Crippen LogP contribution in [0.15, 0.2) is 0 Å². The van der Waals surface area contributed by atoms with Gasteiger partial charge in [-0.25, -0.2) is 0 Å². The number of nitrogens with zero attached hydrogens (tertiary/aromatic N) is 3. The number of anilines is 2. The molecule has 13 heavy (non-hydrogen) atoms. The smallest absolute Gasteiger partial charge is 0.246 e. The predicted molar refractivity (Wildman–Crippen MR) is 57.3 cm³/mol. The maximum Gasteiger partial charge on any atom is 0.246 e. The standard InChI is InChI=1S/C5H8N6S2/c1-2-7-3(6)9-4(8-2)10-11-5(12)13/h1H3,(H2,11,12,13)(H3,6,7,8,9,10). The van der Waals surface area contributed by atoms with E-state index in [4.69, 9.17) is 5.73 Å². The summed E-state index contributed by atoms with van der Waals surface area (Å²) in [6.45, 7) is 1.71. The Kier molecular flexibility index (Phi) is 3.20. The molecule has 0 saturated carbocycles. The number of hydrogen-bond donors (Lipinski definition) is 4. The Morgan fingerprint density at radius 2 is 2.15 bits per heavy atom. The van der Waals surface area contributed by atoms with Crippen molar-refractivity contribution in [3.05, 3.63) is 5.82 Å². The summed E-state index contributed by atoms with van der Waals surface area (Å²) in [5, 5.41) is 0. The molecule has 0 fully saturated rings. The van der Waals surface area contributed by atoms with Crippen LogP contribution in [0.3, 0.4) is 0 Å². The van der Waals surface area contributed by atoms with E-state index in [-0.39, 0.29) is 10.3 Å². The highest BCUT2D eigenvalue weighted by atomic mass is 32.1. The molecule has 8 heteroatoms. The summed E-state index contributed by atoms with van der Waals surface area (Å²) in [4.78, 5) is 11.5. The lowest BCUT2D eigenvalue weighted by molar-refractivity contribution is 0.959. The average Bonchev–Trinajstić information content (AvgIpc) is 1.99. The number of thiocarbonyl (C=S) groups is 1. The molecule has 1 heterocycles. The van der Waals surface area contributed by atoms with Gasteiger partial charge in [0.25, 0.3) is 0 Å². The number of aryl methyl sites for hydroxylation is 1. The van der Waals surface area contributed by atoms with Gasteiger partial charge in [-0.15, -0.1) is 12.6 Å². The quantitative estimate of drug-likeness (QED) is 0.312. The minimum absolute atomic E-state index is 0.155. The molecule has 0 aliphatic carbocycles. The molecule has 1 aromatic heterocycles. The van der Waals surface area contributed by atoms with Crippen LogP contribution in [-0.2, 0) is 0 Å². The summed E-state index contributed by atoms with van der Waals surface area (Å²) >= 11 is 8.48. The van der Waals surface area contributed by atoms with Crippen molar-refractivity contribution in [3.63, 3.8) is 0 Å². The molecule has 0 radical (unpaired) electrons. The van der Waals surface area contributed by atoms with Crippen LogP contribution in [0, 0.1) is 6.92 Å². The van der Waals surface area contributed by atoms with Crippen LogP contribution in [0.5, 0.6) is 0 Å². The topological polar surface area (TPSA) is 88.8 Å². The average molecular weight is 216 g/mol. The van der Waals surface area contributed by atoms with E-state index in [1.807, 2.05) is 0 Å². The Balaban J connectivity index is 2.71. The van der Waals surface area contributed by atoms with Gasteiger partial charge in [-0.2, -0.15) is 15.0 Å². The van der Waals surface area contributed by atoms with E-state index in [1.54, 1.807) is 6.92 Å². The number of rotatable bonds is 2. The van der Waals surface area contributed by atoms with Crippen molar-refractivity contribution >= 4 is 41.1 Å². The number of hydrogen-bond acceptors (Lipinski definition) is 6. The molecule has 0 amide bonds. The Morgan fingerprint density at radius 1 is 1.46 bits per heavy atom. The maximum absolute atomic E-state index is 5.38. The highest BCUT2D eigenvalue weighted by molar-refractivity contribution is 8.11. The second-order valence-electron chi connectivity index (χ2n) is 2.12. The minimum Gasteiger partial charge on any atom is -0.368 e. The van der Waals surface area contributed by atoms with Crippen molar-refractivity contribution in [1.29, 1.82) is 0 Å². The lowest BCUT2D eigenvalue weighted by Gasteiger charge is -2.05. The Bertz CT molecular complexity index is 307. The molecule has 0 bridgehead atoms. The molecule has 70 valence electrons. The molecule has 1 rings (SSSR count). The van der Waals surface area contributed by atoms with Crippen LogP contribution in [0.25, 0.3) is 0 Å². The molecule has 0 spiro atoms. The summed E-state index contributed by atoms with van der Waals surface area (Å²) < 4.78 is 0.289. The molecular formula is C5H8N6S2. The largest absolute Gasteiger partial charge is 0.368 e. The number of hydrazine groups is 1. The first-order valence-corrected chi connectivity index (χ1v) is 4.16. The van der Waals surface area contributed by atoms with Crippen LogP contribution in [0.1, 0.15) is 5.82 Å². The van der Waals surface area contributed by atoms with E-state index in [1.165, 1.54) is 0 Å². The number of thiol groups is 1. The normalized spacial score (nSPS) is 9.38. The second-order valence-corrected chi connectivity index (χ2v) is 3.28. The molecular weight excluding hydrogens is 208 g/mol. The summed E-state index contributed by atoms with van der Waals surface area (Å²) in [5.74, 6) is 0.991. The summed E-state index contributed by atoms with van der Waals surface area (Å²) in [5.41, 5.74) is 10.6. The molecule has 0 aliphatic rings. The fraction of sp³-hybridized carbons (Fsp3) is 0.200. The highest BCUT2D eigenvalue weighted by Crippen LogP contribution is 1.99. The van der Waals surface area contributed by atoms with Gasteiger partial charge in [-0.1, -0.05) is 12.2 Å². The molecule has 4 N–H and O–H groups in total. The van der Waals surface area contributed by atoms with Gasteiger partial charge in [0.05, 0.1) is 0 Å². The first-order chi connectivity index (χ1) is 6.08. The zero-order valence-corrected chi connectivity index (χ0v) is 8.49. The number of aromatic nitrogens is 3. The lowest BCUT2D eigenvalue weighted by Crippen LogP contribution is -2.25. The van der Waals surface area contributed by atoms with Gasteiger partial charge in [-0.3, -0.25) is 10.9 Å². The van der Waals surface area contributed by atoms with Gasteiger partial charge in [0.15, 0.2) is 0 Å². The van der Waals surface area contributed by atoms with Crippen LogP contribution in [0.4, 0.5) is 11.9 Å². The van der Waals surface area contributed by atoms with E-state index in [0.29, 0.717) is 11.8 Å². The zero-order valence-electron chi connectivity index (χ0n) is 6.77. The highest BCUT2D eigenvalue weighted by Gasteiger charge is 1.99. The van der Waals surface area contributed by atoms with Gasteiger partial charge in [0, 0.05) is 0 Å². The first kappa shape index (κ1) is 9.93. The molecule has 0 aromatic carbocycles. The van der Waals surface area contributed by atoms with Gasteiger partial charge in [0.2, 0.25) is 11.9 Å². The van der Waals surface area contributed by atoms with Crippen LogP contribution < -0.4 is 16.6 Å². The van der Waals surface area contributed by atoms with Crippen molar-refractivity contribution in [1.82, 2.24) is 20.4 Å². The fourth-order valence-corrected chi connectivity index (χ4v) is 0.775. The molecule has 0 atom stereocenters. The van der Waals surface area contributed by atoms with E-state index in [9.17, 15) is 0 Å². The summed E-state index contributed by atoms with van der Waals surface area (Å²) in [6.07, 6.45) is 0.